The van der Waals surface area contributed by atoms with Crippen LogP contribution in [-0.4, -0.2) is 44.9 Å². The molecule has 0 radical (unpaired) electrons. The Hall–Kier alpha value is -2.22. The first-order valence-corrected chi connectivity index (χ1v) is 12.5. The van der Waals surface area contributed by atoms with Crippen molar-refractivity contribution in [1.82, 2.24) is 0 Å². The van der Waals surface area contributed by atoms with Crippen LogP contribution in [0.2, 0.25) is 0 Å². The second-order valence-corrected chi connectivity index (χ2v) is 11.2. The fourth-order valence-corrected chi connectivity index (χ4v) is 3.86. The highest BCUT2D eigenvalue weighted by Crippen LogP contribution is 2.41. The number of esters is 1. The predicted octanol–water partition coefficient (Wildman–Crippen LogP) is 6.64. The van der Waals surface area contributed by atoms with E-state index in [4.69, 9.17) is 23.9 Å². The monoisotopic (exact) mass is 547 g/mol. The SMILES string of the molecule is COCCOCOc1c(C(CC(=O)OC(C)(C)C)N=Cc2ccccc2)cc(Br)cc1C(C)(C)C. The number of ether oxygens (including phenoxy) is 4. The Labute approximate surface area is 218 Å². The summed E-state index contributed by atoms with van der Waals surface area (Å²) >= 11 is 3.65. The molecule has 7 heteroatoms. The van der Waals surface area contributed by atoms with Gasteiger partial charge in [0.2, 0.25) is 0 Å². The van der Waals surface area contributed by atoms with Gasteiger partial charge in [-0.05, 0) is 43.9 Å². The van der Waals surface area contributed by atoms with Gasteiger partial charge in [0.25, 0.3) is 0 Å². The van der Waals surface area contributed by atoms with Gasteiger partial charge >= 0.3 is 5.97 Å². The molecular weight excluding hydrogens is 510 g/mol. The van der Waals surface area contributed by atoms with E-state index in [1.54, 1.807) is 13.3 Å². The Balaban J connectivity index is 2.52. The van der Waals surface area contributed by atoms with Crippen LogP contribution < -0.4 is 4.74 Å². The Bertz CT molecular complexity index is 977. The molecule has 0 saturated carbocycles. The van der Waals surface area contributed by atoms with Crippen molar-refractivity contribution in [2.24, 2.45) is 4.99 Å². The molecule has 0 amide bonds. The smallest absolute Gasteiger partial charge is 0.308 e. The third-order valence-electron chi connectivity index (χ3n) is 4.95. The number of hydrogen-bond acceptors (Lipinski definition) is 6. The Morgan fingerprint density at radius 2 is 1.74 bits per heavy atom. The third kappa shape index (κ3) is 10.1. The summed E-state index contributed by atoms with van der Waals surface area (Å²) in [7, 11) is 1.63. The average Bonchev–Trinajstić information content (AvgIpc) is 2.75. The Morgan fingerprint density at radius 3 is 2.34 bits per heavy atom. The molecule has 35 heavy (non-hydrogen) atoms. The molecule has 0 saturated heterocycles. The molecule has 0 spiro atoms. The highest BCUT2D eigenvalue weighted by molar-refractivity contribution is 9.10. The molecule has 0 bridgehead atoms. The molecule has 0 aliphatic carbocycles. The lowest BCUT2D eigenvalue weighted by atomic mass is 9.84. The number of nitrogens with zero attached hydrogens (tertiary/aromatic N) is 1. The van der Waals surface area contributed by atoms with Gasteiger partial charge in [0.15, 0.2) is 6.79 Å². The summed E-state index contributed by atoms with van der Waals surface area (Å²) in [6.07, 6.45) is 1.85. The fourth-order valence-electron chi connectivity index (χ4n) is 3.38. The van der Waals surface area contributed by atoms with Crippen molar-refractivity contribution < 1.29 is 23.7 Å². The first-order valence-electron chi connectivity index (χ1n) is 11.7. The van der Waals surface area contributed by atoms with Crippen LogP contribution in [0.4, 0.5) is 0 Å². The van der Waals surface area contributed by atoms with E-state index >= 15 is 0 Å². The number of hydrogen-bond donors (Lipinski definition) is 0. The minimum atomic E-state index is -0.590. The van der Waals surface area contributed by atoms with Crippen LogP contribution in [0.5, 0.6) is 5.75 Å². The minimum absolute atomic E-state index is 0.0582. The van der Waals surface area contributed by atoms with Crippen LogP contribution in [0.1, 0.15) is 70.7 Å². The molecule has 192 valence electrons. The summed E-state index contributed by atoms with van der Waals surface area (Å²) in [6, 6.07) is 13.3. The highest BCUT2D eigenvalue weighted by atomic mass is 79.9. The van der Waals surface area contributed by atoms with Crippen molar-refractivity contribution in [3.63, 3.8) is 0 Å². The fraction of sp³-hybridized carbons (Fsp3) is 0.500. The largest absolute Gasteiger partial charge is 0.467 e. The summed E-state index contributed by atoms with van der Waals surface area (Å²) in [6.45, 7) is 12.9. The first-order chi connectivity index (χ1) is 16.4. The second-order valence-electron chi connectivity index (χ2n) is 10.3. The van der Waals surface area contributed by atoms with Crippen LogP contribution in [0.3, 0.4) is 0 Å². The van der Waals surface area contributed by atoms with Crippen molar-refractivity contribution in [1.29, 1.82) is 0 Å². The quantitative estimate of drug-likeness (QED) is 0.136. The van der Waals surface area contributed by atoms with Crippen molar-refractivity contribution in [2.75, 3.05) is 27.1 Å². The zero-order chi connectivity index (χ0) is 26.1. The zero-order valence-corrected chi connectivity index (χ0v) is 23.5. The summed E-state index contributed by atoms with van der Waals surface area (Å²) in [5.74, 6) is 0.337. The van der Waals surface area contributed by atoms with Gasteiger partial charge in [-0.2, -0.15) is 0 Å². The molecule has 0 fully saturated rings. The molecule has 0 aliphatic rings. The number of halogens is 1. The third-order valence-corrected chi connectivity index (χ3v) is 5.41. The lowest BCUT2D eigenvalue weighted by molar-refractivity contribution is -0.155. The van der Waals surface area contributed by atoms with Crippen molar-refractivity contribution in [2.45, 2.75) is 65.0 Å². The van der Waals surface area contributed by atoms with Gasteiger partial charge in [-0.25, -0.2) is 0 Å². The predicted molar refractivity (Wildman–Crippen MR) is 143 cm³/mol. The number of carbonyl (C=O) groups excluding carboxylic acids is 1. The van der Waals surface area contributed by atoms with Gasteiger partial charge in [-0.1, -0.05) is 67.0 Å². The second kappa shape index (κ2) is 13.2. The normalized spacial score (nSPS) is 13.1. The molecule has 2 aromatic carbocycles. The van der Waals surface area contributed by atoms with E-state index in [0.29, 0.717) is 19.0 Å². The van der Waals surface area contributed by atoms with E-state index in [1.165, 1.54) is 0 Å². The van der Waals surface area contributed by atoms with Gasteiger partial charge in [0, 0.05) is 28.9 Å². The molecule has 0 heterocycles. The number of rotatable bonds is 11. The summed E-state index contributed by atoms with van der Waals surface area (Å²) in [4.78, 5) is 17.7. The molecule has 6 nitrogen and oxygen atoms in total. The van der Waals surface area contributed by atoms with E-state index < -0.39 is 11.6 Å². The van der Waals surface area contributed by atoms with Gasteiger partial charge in [0.05, 0.1) is 25.7 Å². The van der Waals surface area contributed by atoms with Crippen LogP contribution in [0.15, 0.2) is 51.9 Å². The maximum absolute atomic E-state index is 12.9. The van der Waals surface area contributed by atoms with E-state index in [0.717, 1.165) is 21.2 Å². The van der Waals surface area contributed by atoms with Crippen molar-refractivity contribution in [3.05, 3.63) is 63.6 Å². The number of carbonyl (C=O) groups is 1. The minimum Gasteiger partial charge on any atom is -0.467 e. The number of benzene rings is 2. The molecule has 2 aromatic rings. The van der Waals surface area contributed by atoms with E-state index in [1.807, 2.05) is 63.2 Å². The van der Waals surface area contributed by atoms with Gasteiger partial charge in [-0.3, -0.25) is 9.79 Å². The molecule has 2 rings (SSSR count). The molecule has 0 aliphatic heterocycles. The lowest BCUT2D eigenvalue weighted by Gasteiger charge is -2.27. The Kier molecular flexibility index (Phi) is 10.9. The number of methoxy groups -OCH3 is 1. The summed E-state index contributed by atoms with van der Waals surface area (Å²) in [5, 5.41) is 0. The zero-order valence-electron chi connectivity index (χ0n) is 21.9. The van der Waals surface area contributed by atoms with Crippen LogP contribution >= 0.6 is 15.9 Å². The van der Waals surface area contributed by atoms with E-state index in [-0.39, 0.29) is 24.6 Å². The summed E-state index contributed by atoms with van der Waals surface area (Å²) in [5.41, 5.74) is 1.91. The van der Waals surface area contributed by atoms with Gasteiger partial charge < -0.3 is 18.9 Å². The number of aliphatic imine (C=N–C) groups is 1. The Morgan fingerprint density at radius 1 is 1.06 bits per heavy atom. The van der Waals surface area contributed by atoms with Crippen LogP contribution in [-0.2, 0) is 24.4 Å². The molecule has 0 aromatic heterocycles. The molecular formula is C28H38BrNO5. The molecule has 0 N–H and O–H groups in total. The topological polar surface area (TPSA) is 66.4 Å². The average molecular weight is 549 g/mol. The van der Waals surface area contributed by atoms with E-state index in [2.05, 4.69) is 36.7 Å². The summed E-state index contributed by atoms with van der Waals surface area (Å²) < 4.78 is 23.3. The van der Waals surface area contributed by atoms with Crippen molar-refractivity contribution in [3.8, 4) is 5.75 Å². The van der Waals surface area contributed by atoms with E-state index in [9.17, 15) is 4.79 Å². The molecule has 1 atom stereocenters. The first kappa shape index (κ1) is 29.0. The van der Waals surface area contributed by atoms with Crippen LogP contribution in [0.25, 0.3) is 0 Å². The van der Waals surface area contributed by atoms with Crippen molar-refractivity contribution >= 4 is 28.1 Å². The molecule has 1 unspecified atom stereocenters. The highest BCUT2D eigenvalue weighted by Gasteiger charge is 2.28. The maximum Gasteiger partial charge on any atom is 0.308 e. The standard InChI is InChI=1S/C28H38BrNO5/c1-27(2,3)23-16-21(29)15-22(26(23)34-19-33-14-13-32-7)24(17-25(31)35-28(4,5)6)30-18-20-11-9-8-10-12-20/h8-12,15-16,18,24H,13-14,17,19H2,1-7H3. The van der Waals surface area contributed by atoms with Gasteiger partial charge in [0.1, 0.15) is 11.4 Å². The lowest BCUT2D eigenvalue weighted by Crippen LogP contribution is -2.25. The maximum atomic E-state index is 12.9. The van der Waals surface area contributed by atoms with Gasteiger partial charge in [-0.15, -0.1) is 0 Å². The van der Waals surface area contributed by atoms with Crippen LogP contribution in [0, 0.1) is 0 Å².